The highest BCUT2D eigenvalue weighted by Gasteiger charge is 2.53. The average molecular weight is 1420 g/mol. The van der Waals surface area contributed by atoms with Crippen LogP contribution in [0.2, 0.25) is 0 Å². The van der Waals surface area contributed by atoms with Crippen LogP contribution in [-0.4, -0.2) is 193 Å². The maximum Gasteiger partial charge on any atom is 0.220 e. The molecule has 0 spiro atoms. The number of hydrogen-bond acceptors (Lipinski definition) is 18. The van der Waals surface area contributed by atoms with E-state index in [1.54, 1.807) is 6.08 Å². The third-order valence-corrected chi connectivity index (χ3v) is 19.1. The maximum atomic E-state index is 13.5. The lowest BCUT2D eigenvalue weighted by Gasteiger charge is -2.48. The van der Waals surface area contributed by atoms with Gasteiger partial charge in [-0.15, -0.1) is 0 Å². The van der Waals surface area contributed by atoms with E-state index in [0.717, 1.165) is 77.0 Å². The van der Waals surface area contributed by atoms with Gasteiger partial charge in [-0.3, -0.25) is 4.79 Å². The zero-order chi connectivity index (χ0) is 72.5. The first kappa shape index (κ1) is 90.9. The predicted octanol–water partition coefficient (Wildman–Crippen LogP) is 12.8. The lowest BCUT2D eigenvalue weighted by Crippen LogP contribution is -2.66. The molecule has 3 aliphatic rings. The molecule has 100 heavy (non-hydrogen) atoms. The molecule has 0 aliphatic carbocycles. The Labute approximate surface area is 603 Å². The van der Waals surface area contributed by atoms with Crippen LogP contribution >= 0.6 is 0 Å². The van der Waals surface area contributed by atoms with Crippen molar-refractivity contribution < 1.29 is 89.4 Å². The smallest absolute Gasteiger partial charge is 0.220 e. The Balaban J connectivity index is 1.34. The number of ether oxygens (including phenoxy) is 6. The van der Waals surface area contributed by atoms with Crippen molar-refractivity contribution in [2.75, 3.05) is 26.4 Å². The highest BCUT2D eigenvalue weighted by molar-refractivity contribution is 5.76. The zero-order valence-corrected chi connectivity index (χ0v) is 61.6. The quantitative estimate of drug-likeness (QED) is 0.0199. The van der Waals surface area contributed by atoms with E-state index in [4.69, 9.17) is 28.4 Å². The standard InChI is InChI=1S/C81H141NO18/c1-3-5-7-9-11-13-15-17-19-21-23-24-25-26-27-28-29-30-31-32-33-34-35-36-37-38-39-40-41-43-45-47-49-51-53-55-57-59-69(87)82-64(65(86)58-56-54-52-50-48-46-44-42-22-20-18-16-14-12-10-8-6-4-2)63-95-79-75(93)72(90)77(67(61-84)97-79)100-81-76(94)73(91)78(68(62-85)98-81)99-80-74(92)71(89)70(88)66(60-83)96-80/h5,7,11,13,17,19,22-24,26-27,42,48,50,56,58,64-68,70-81,83-86,88-94H,3-4,6,8-10,12,14-16,18,20-21,25,28-41,43-47,49,51-55,57,59-63H2,1-2H3,(H,82,87)/b7-5-,13-11-,19-17-,24-23-,27-26-,42-22+,50-48+,58-56+. The van der Waals surface area contributed by atoms with Gasteiger partial charge in [0.15, 0.2) is 18.9 Å². The number of aliphatic hydroxyl groups is 11. The molecule has 3 heterocycles. The van der Waals surface area contributed by atoms with Crippen molar-refractivity contribution in [3.05, 3.63) is 97.2 Å². The first-order valence-electron chi connectivity index (χ1n) is 39.5. The van der Waals surface area contributed by atoms with Gasteiger partial charge >= 0.3 is 0 Å². The number of amides is 1. The van der Waals surface area contributed by atoms with E-state index in [2.05, 4.69) is 104 Å². The maximum absolute atomic E-state index is 13.5. The number of carbonyl (C=O) groups is 1. The molecule has 17 atom stereocenters. The summed E-state index contributed by atoms with van der Waals surface area (Å²) in [5, 5.41) is 121. The number of carbonyl (C=O) groups excluding carboxylic acids is 1. The van der Waals surface area contributed by atoms with Crippen molar-refractivity contribution in [1.82, 2.24) is 5.32 Å². The lowest BCUT2D eigenvalue weighted by atomic mass is 9.96. The number of allylic oxidation sites excluding steroid dienone is 15. The summed E-state index contributed by atoms with van der Waals surface area (Å²) < 4.78 is 34.4. The van der Waals surface area contributed by atoms with Crippen LogP contribution < -0.4 is 5.32 Å². The Morgan fingerprint density at radius 3 is 1.12 bits per heavy atom. The van der Waals surface area contributed by atoms with E-state index in [9.17, 15) is 61.0 Å². The fourth-order valence-electron chi connectivity index (χ4n) is 12.8. The molecular formula is C81H141NO18. The van der Waals surface area contributed by atoms with Gasteiger partial charge in [-0.25, -0.2) is 0 Å². The van der Waals surface area contributed by atoms with Gasteiger partial charge < -0.3 is 89.9 Å². The minimum Gasteiger partial charge on any atom is -0.394 e. The van der Waals surface area contributed by atoms with Crippen molar-refractivity contribution >= 4 is 5.91 Å². The molecule has 0 radical (unpaired) electrons. The number of nitrogens with one attached hydrogen (secondary N) is 1. The molecular weight excluding hydrogens is 1270 g/mol. The summed E-state index contributed by atoms with van der Waals surface area (Å²) in [5.74, 6) is -0.288. The monoisotopic (exact) mass is 1420 g/mol. The minimum atomic E-state index is -1.99. The zero-order valence-electron chi connectivity index (χ0n) is 61.6. The molecule has 0 aromatic carbocycles. The van der Waals surface area contributed by atoms with E-state index in [-0.39, 0.29) is 18.9 Å². The Hall–Kier alpha value is -3.29. The van der Waals surface area contributed by atoms with E-state index in [1.807, 2.05) is 6.08 Å². The molecule has 0 aromatic heterocycles. The third kappa shape index (κ3) is 40.8. The predicted molar refractivity (Wildman–Crippen MR) is 397 cm³/mol. The summed E-state index contributed by atoms with van der Waals surface area (Å²) in [4.78, 5) is 13.5. The van der Waals surface area contributed by atoms with Crippen LogP contribution in [-0.2, 0) is 33.2 Å². The summed E-state index contributed by atoms with van der Waals surface area (Å²) in [6, 6.07) is -1.00. The van der Waals surface area contributed by atoms with Crippen LogP contribution in [0.5, 0.6) is 0 Å². The molecule has 3 saturated heterocycles. The minimum absolute atomic E-state index is 0.231. The van der Waals surface area contributed by atoms with Crippen LogP contribution in [0, 0.1) is 0 Å². The van der Waals surface area contributed by atoms with E-state index < -0.39 is 124 Å². The summed E-state index contributed by atoms with van der Waals surface area (Å²) in [6.07, 6.45) is 55.5. The Bertz CT molecular complexity index is 2190. The largest absolute Gasteiger partial charge is 0.394 e. The van der Waals surface area contributed by atoms with Crippen molar-refractivity contribution in [1.29, 1.82) is 0 Å². The van der Waals surface area contributed by atoms with Gasteiger partial charge in [-0.05, 0) is 89.9 Å². The molecule has 3 fully saturated rings. The van der Waals surface area contributed by atoms with Gasteiger partial charge in [0.05, 0.1) is 38.6 Å². The number of unbranched alkanes of at least 4 members (excludes halogenated alkanes) is 31. The lowest BCUT2D eigenvalue weighted by molar-refractivity contribution is -0.379. The van der Waals surface area contributed by atoms with Gasteiger partial charge in [0.2, 0.25) is 5.91 Å². The second-order valence-electron chi connectivity index (χ2n) is 27.8. The topological polar surface area (TPSA) is 307 Å². The summed E-state index contributed by atoms with van der Waals surface area (Å²) in [6.45, 7) is 1.60. The van der Waals surface area contributed by atoms with Gasteiger partial charge in [-0.1, -0.05) is 278 Å². The number of hydrogen-bond donors (Lipinski definition) is 12. The van der Waals surface area contributed by atoms with Crippen molar-refractivity contribution in [2.45, 2.75) is 381 Å². The van der Waals surface area contributed by atoms with Gasteiger partial charge in [0.1, 0.15) is 73.2 Å². The van der Waals surface area contributed by atoms with Crippen molar-refractivity contribution in [2.24, 2.45) is 0 Å². The Morgan fingerprint density at radius 2 is 0.700 bits per heavy atom. The highest BCUT2D eigenvalue weighted by atomic mass is 16.8. The summed E-state index contributed by atoms with van der Waals surface area (Å²) in [7, 11) is 0. The third-order valence-electron chi connectivity index (χ3n) is 19.1. The molecule has 19 heteroatoms. The van der Waals surface area contributed by atoms with Crippen LogP contribution in [0.3, 0.4) is 0 Å². The second-order valence-corrected chi connectivity index (χ2v) is 27.8. The number of rotatable bonds is 61. The van der Waals surface area contributed by atoms with Crippen molar-refractivity contribution in [3.8, 4) is 0 Å². The number of aliphatic hydroxyl groups excluding tert-OH is 11. The molecule has 3 aliphatic heterocycles. The first-order chi connectivity index (χ1) is 48.8. The molecule has 1 amide bonds. The molecule has 3 rings (SSSR count). The molecule has 0 bridgehead atoms. The molecule has 19 nitrogen and oxygen atoms in total. The van der Waals surface area contributed by atoms with Crippen LogP contribution in [0.4, 0.5) is 0 Å². The average Bonchev–Trinajstić information content (AvgIpc) is 0.783. The fourth-order valence-corrected chi connectivity index (χ4v) is 12.8. The highest BCUT2D eigenvalue weighted by Crippen LogP contribution is 2.33. The van der Waals surface area contributed by atoms with Crippen LogP contribution in [0.15, 0.2) is 97.2 Å². The van der Waals surface area contributed by atoms with E-state index in [0.29, 0.717) is 12.8 Å². The van der Waals surface area contributed by atoms with Gasteiger partial charge in [0.25, 0.3) is 0 Å². The van der Waals surface area contributed by atoms with Gasteiger partial charge in [0, 0.05) is 6.42 Å². The van der Waals surface area contributed by atoms with Crippen LogP contribution in [0.1, 0.15) is 277 Å². The normalized spacial score (nSPS) is 27.0. The SMILES string of the molecule is CC/C=C\C/C=C\C/C=C\C/C=C\C/C=C\CCCCCCCCCCCCCCCCCCCCCCCC(=O)NC(COC1OC(CO)C(OC2OC(CO)C(OC3OC(CO)C(O)C(O)C3O)C(O)C2O)C(O)C1O)C(O)/C=C/CC/C=C/CC/C=C/CCCCCCCCCC. The summed E-state index contributed by atoms with van der Waals surface area (Å²) in [5.41, 5.74) is 0. The molecule has 0 aromatic rings. The van der Waals surface area contributed by atoms with Crippen molar-refractivity contribution in [3.63, 3.8) is 0 Å². The second kappa shape index (κ2) is 60.9. The fraction of sp³-hybridized carbons (Fsp3) is 0.790. The van der Waals surface area contributed by atoms with Gasteiger partial charge in [-0.2, -0.15) is 0 Å². The Morgan fingerprint density at radius 1 is 0.370 bits per heavy atom. The molecule has 12 N–H and O–H groups in total. The van der Waals surface area contributed by atoms with E-state index >= 15 is 0 Å². The summed E-state index contributed by atoms with van der Waals surface area (Å²) >= 11 is 0. The molecule has 578 valence electrons. The Kier molecular flexibility index (Phi) is 55.4. The molecule has 17 unspecified atom stereocenters. The van der Waals surface area contributed by atoms with E-state index in [1.165, 1.54) is 167 Å². The van der Waals surface area contributed by atoms with Crippen LogP contribution in [0.25, 0.3) is 0 Å². The first-order valence-corrected chi connectivity index (χ1v) is 39.5. The molecule has 0 saturated carbocycles.